The maximum atomic E-state index is 11.9. The lowest BCUT2D eigenvalue weighted by molar-refractivity contribution is 0.100. The van der Waals surface area contributed by atoms with Crippen LogP contribution in [0.15, 0.2) is 27.7 Å². The number of fused-ring (bicyclic) bond motifs is 1. The predicted octanol–water partition coefficient (Wildman–Crippen LogP) is 2.09. The molecule has 3 nitrogen and oxygen atoms in total. The van der Waals surface area contributed by atoms with Gasteiger partial charge < -0.3 is 0 Å². The second kappa shape index (κ2) is 3.98. The van der Waals surface area contributed by atoms with E-state index in [1.54, 1.807) is 18.2 Å². The topological polar surface area (TPSA) is 46.5 Å². The third kappa shape index (κ3) is 1.94. The molecule has 0 saturated heterocycles. The molecule has 15 heavy (non-hydrogen) atoms. The number of rotatable bonds is 1. The van der Waals surface area contributed by atoms with E-state index < -0.39 is 16.0 Å². The highest BCUT2D eigenvalue weighted by atomic mass is 79.9. The molecule has 0 N–H and O–H groups in total. The zero-order chi connectivity index (χ0) is 11.0. The first-order valence-corrected chi connectivity index (χ1v) is 6.71. The summed E-state index contributed by atoms with van der Waals surface area (Å²) in [6.45, 7) is 0. The Balaban J connectivity index is 2.51. The van der Waals surface area contributed by atoms with E-state index in [2.05, 4.69) is 20.9 Å². The van der Waals surface area contributed by atoms with E-state index >= 15 is 0 Å². The highest BCUT2D eigenvalue weighted by Crippen LogP contribution is 2.28. The fourth-order valence-corrected chi connectivity index (χ4v) is 2.44. The number of carbonyl (C=O) groups excluding carboxylic acids is 1. The number of aliphatic imine (C=N–C) groups is 1. The average molecular weight is 286 g/mol. The molecule has 0 aromatic heterocycles. The number of nitrogens with zero attached hydrogens (tertiary/aromatic N) is 1. The summed E-state index contributed by atoms with van der Waals surface area (Å²) in [5.41, 5.74) is 1.18. The zero-order valence-electron chi connectivity index (χ0n) is 7.94. The first kappa shape index (κ1) is 10.7. The smallest absolute Gasteiger partial charge is 0.185 e. The van der Waals surface area contributed by atoms with E-state index in [4.69, 9.17) is 0 Å². The highest BCUT2D eigenvalue weighted by molar-refractivity contribution is 9.10. The summed E-state index contributed by atoms with van der Waals surface area (Å²) in [5, 5.41) is -0.598. The van der Waals surface area contributed by atoms with Crippen LogP contribution in [0, 0.1) is 0 Å². The second-order valence-electron chi connectivity index (χ2n) is 3.22. The van der Waals surface area contributed by atoms with Gasteiger partial charge in [-0.3, -0.25) is 14.0 Å². The lowest BCUT2D eigenvalue weighted by Gasteiger charge is -2.15. The molecule has 1 aromatic rings. The summed E-state index contributed by atoms with van der Waals surface area (Å²) in [6.07, 6.45) is 2.98. The van der Waals surface area contributed by atoms with Crippen molar-refractivity contribution in [2.45, 2.75) is 5.25 Å². The number of hydrogen-bond donors (Lipinski definition) is 0. The lowest BCUT2D eigenvalue weighted by Crippen LogP contribution is -2.29. The minimum absolute atomic E-state index is 0.117. The van der Waals surface area contributed by atoms with Crippen molar-refractivity contribution >= 4 is 44.4 Å². The van der Waals surface area contributed by atoms with Crippen LogP contribution in [0.1, 0.15) is 10.4 Å². The van der Waals surface area contributed by atoms with Crippen LogP contribution >= 0.6 is 15.9 Å². The molecular weight excluding hydrogens is 278 g/mol. The van der Waals surface area contributed by atoms with Crippen LogP contribution in [-0.4, -0.2) is 27.7 Å². The Bertz CT molecular complexity index is 484. The summed E-state index contributed by atoms with van der Waals surface area (Å²) in [6, 6.07) is 5.27. The zero-order valence-corrected chi connectivity index (χ0v) is 10.3. The molecule has 1 aromatic carbocycles. The molecule has 0 spiro atoms. The Labute approximate surface area is 98.2 Å². The van der Waals surface area contributed by atoms with Gasteiger partial charge >= 0.3 is 0 Å². The molecule has 0 radical (unpaired) electrons. The summed E-state index contributed by atoms with van der Waals surface area (Å²) < 4.78 is 12.2. The van der Waals surface area contributed by atoms with Crippen LogP contribution in [-0.2, 0) is 10.8 Å². The van der Waals surface area contributed by atoms with Gasteiger partial charge in [0, 0.05) is 33.3 Å². The SMILES string of the molecule is CS(=O)C1C=Nc2cc(Br)ccc2C1=O. The first-order chi connectivity index (χ1) is 7.09. The maximum Gasteiger partial charge on any atom is 0.185 e. The summed E-state index contributed by atoms with van der Waals surface area (Å²) in [4.78, 5) is 16.0. The van der Waals surface area contributed by atoms with E-state index in [1.807, 2.05) is 0 Å². The highest BCUT2D eigenvalue weighted by Gasteiger charge is 2.27. The van der Waals surface area contributed by atoms with Gasteiger partial charge in [-0.05, 0) is 18.2 Å². The Morgan fingerprint density at radius 3 is 2.87 bits per heavy atom. The van der Waals surface area contributed by atoms with Crippen LogP contribution in [0.2, 0.25) is 0 Å². The third-order valence-corrected chi connectivity index (χ3v) is 3.73. The molecule has 2 rings (SSSR count). The molecule has 0 fully saturated rings. The van der Waals surface area contributed by atoms with E-state index in [1.165, 1.54) is 12.5 Å². The summed E-state index contributed by atoms with van der Waals surface area (Å²) >= 11 is 3.31. The molecule has 0 bridgehead atoms. The Morgan fingerprint density at radius 2 is 2.20 bits per heavy atom. The van der Waals surface area contributed by atoms with Crippen molar-refractivity contribution in [3.05, 3.63) is 28.2 Å². The average Bonchev–Trinajstić information content (AvgIpc) is 2.17. The van der Waals surface area contributed by atoms with Gasteiger partial charge in [-0.25, -0.2) is 0 Å². The van der Waals surface area contributed by atoms with Crippen molar-refractivity contribution in [1.29, 1.82) is 0 Å². The van der Waals surface area contributed by atoms with Crippen LogP contribution in [0.3, 0.4) is 0 Å². The number of Topliss-reactive ketones (excluding diaryl/α,β-unsaturated/α-hetero) is 1. The van der Waals surface area contributed by atoms with Gasteiger partial charge in [0.2, 0.25) is 0 Å². The van der Waals surface area contributed by atoms with Gasteiger partial charge in [0.15, 0.2) is 5.78 Å². The maximum absolute atomic E-state index is 11.9. The van der Waals surface area contributed by atoms with Crippen molar-refractivity contribution < 1.29 is 9.00 Å². The van der Waals surface area contributed by atoms with E-state index in [0.717, 1.165) is 4.47 Å². The van der Waals surface area contributed by atoms with Gasteiger partial charge in [0.05, 0.1) is 5.69 Å². The quantitative estimate of drug-likeness (QED) is 0.793. The molecule has 0 saturated carbocycles. The van der Waals surface area contributed by atoms with Crippen LogP contribution in [0.25, 0.3) is 0 Å². The van der Waals surface area contributed by atoms with Crippen molar-refractivity contribution in [1.82, 2.24) is 0 Å². The molecule has 5 heteroatoms. The second-order valence-corrected chi connectivity index (χ2v) is 5.64. The number of halogens is 1. The largest absolute Gasteiger partial charge is 0.292 e. The first-order valence-electron chi connectivity index (χ1n) is 4.30. The predicted molar refractivity (Wildman–Crippen MR) is 64.5 cm³/mol. The summed E-state index contributed by atoms with van der Waals surface area (Å²) in [5.74, 6) is -0.117. The summed E-state index contributed by atoms with van der Waals surface area (Å²) in [7, 11) is -1.21. The minimum Gasteiger partial charge on any atom is -0.292 e. The molecular formula is C10H8BrNO2S. The molecule has 0 aliphatic carbocycles. The third-order valence-electron chi connectivity index (χ3n) is 2.19. The van der Waals surface area contributed by atoms with Gasteiger partial charge in [-0.2, -0.15) is 0 Å². The standard InChI is InChI=1S/C10H8BrNO2S/c1-15(14)9-5-12-8-4-6(11)2-3-7(8)10(9)13/h2-5,9H,1H3. The normalized spacial score (nSPS) is 21.2. The molecule has 1 aliphatic heterocycles. The van der Waals surface area contributed by atoms with Crippen molar-refractivity contribution in [2.24, 2.45) is 4.99 Å². The van der Waals surface area contributed by atoms with Crippen LogP contribution in [0.5, 0.6) is 0 Å². The number of hydrogen-bond acceptors (Lipinski definition) is 3. The number of benzene rings is 1. The van der Waals surface area contributed by atoms with Crippen LogP contribution < -0.4 is 0 Å². The van der Waals surface area contributed by atoms with E-state index in [-0.39, 0.29) is 5.78 Å². The molecule has 2 atom stereocenters. The lowest BCUT2D eigenvalue weighted by atomic mass is 10.0. The molecule has 0 amide bonds. The van der Waals surface area contributed by atoms with Crippen molar-refractivity contribution in [2.75, 3.05) is 6.26 Å². The number of ketones is 1. The van der Waals surface area contributed by atoms with Crippen molar-refractivity contribution in [3.8, 4) is 0 Å². The van der Waals surface area contributed by atoms with Crippen LogP contribution in [0.4, 0.5) is 5.69 Å². The number of carbonyl (C=O) groups is 1. The molecule has 1 aliphatic rings. The minimum atomic E-state index is -1.21. The van der Waals surface area contributed by atoms with E-state index in [9.17, 15) is 9.00 Å². The van der Waals surface area contributed by atoms with Gasteiger partial charge in [-0.1, -0.05) is 15.9 Å². The Hall–Kier alpha value is -0.810. The molecule has 2 unspecified atom stereocenters. The van der Waals surface area contributed by atoms with Crippen molar-refractivity contribution in [3.63, 3.8) is 0 Å². The molecule has 78 valence electrons. The monoisotopic (exact) mass is 285 g/mol. The van der Waals surface area contributed by atoms with Gasteiger partial charge in [-0.15, -0.1) is 0 Å². The van der Waals surface area contributed by atoms with Gasteiger partial charge in [0.25, 0.3) is 0 Å². The fraction of sp³-hybridized carbons (Fsp3) is 0.200. The van der Waals surface area contributed by atoms with E-state index in [0.29, 0.717) is 11.3 Å². The Kier molecular flexibility index (Phi) is 2.84. The Morgan fingerprint density at radius 1 is 1.47 bits per heavy atom. The fourth-order valence-electron chi connectivity index (χ4n) is 1.43. The van der Waals surface area contributed by atoms with Gasteiger partial charge in [0.1, 0.15) is 5.25 Å². The molecule has 1 heterocycles.